The third kappa shape index (κ3) is 3.67. The van der Waals surface area contributed by atoms with Gasteiger partial charge in [-0.2, -0.15) is 0 Å². The highest BCUT2D eigenvalue weighted by Crippen LogP contribution is 2.30. The minimum atomic E-state index is 0.317. The van der Waals surface area contributed by atoms with E-state index in [4.69, 9.17) is 15.2 Å². The van der Waals surface area contributed by atoms with Crippen molar-refractivity contribution in [3.05, 3.63) is 47.7 Å². The van der Waals surface area contributed by atoms with Gasteiger partial charge in [0.15, 0.2) is 0 Å². The number of fused-ring (bicyclic) bond motifs is 1. The summed E-state index contributed by atoms with van der Waals surface area (Å²) in [6.45, 7) is 5.91. The van der Waals surface area contributed by atoms with Crippen LogP contribution in [0, 0.1) is 20.8 Å². The molecule has 31 heavy (non-hydrogen) atoms. The van der Waals surface area contributed by atoms with Crippen LogP contribution in [0.4, 0.5) is 5.95 Å². The third-order valence-electron chi connectivity index (χ3n) is 6.15. The molecule has 0 bridgehead atoms. The number of aryl methyl sites for hydroxylation is 3. The Morgan fingerprint density at radius 1 is 1.06 bits per heavy atom. The molecule has 1 saturated carbocycles. The Labute approximate surface area is 180 Å². The van der Waals surface area contributed by atoms with Gasteiger partial charge < -0.3 is 15.6 Å². The van der Waals surface area contributed by atoms with E-state index in [1.165, 1.54) is 0 Å². The summed E-state index contributed by atoms with van der Waals surface area (Å²) in [5, 5.41) is 7.59. The van der Waals surface area contributed by atoms with E-state index in [0.717, 1.165) is 70.9 Å². The lowest BCUT2D eigenvalue weighted by Crippen LogP contribution is -2.33. The smallest absolute Gasteiger partial charge is 0.223 e. The van der Waals surface area contributed by atoms with E-state index >= 15 is 0 Å². The molecular weight excluding hydrogens is 390 g/mol. The standard InChI is InChI=1S/C23H27N7O/c1-13-10-26-23(27-18-7-5-17(24)6-8-18)28-22(13)19-11-25-20-9-4-16(12-30(19)20)21-14(2)29-31-15(21)3/h4,9-12,17-18H,5-8,24H2,1-3H3,(H,26,27,28)/t17-,18-. The fraction of sp³-hybridized carbons (Fsp3) is 0.391. The van der Waals surface area contributed by atoms with Crippen molar-refractivity contribution in [3.8, 4) is 22.5 Å². The zero-order chi connectivity index (χ0) is 21.5. The molecule has 3 N–H and O–H groups in total. The van der Waals surface area contributed by atoms with Crippen molar-refractivity contribution in [1.82, 2.24) is 24.5 Å². The van der Waals surface area contributed by atoms with Gasteiger partial charge in [0.05, 0.1) is 23.3 Å². The zero-order valence-corrected chi connectivity index (χ0v) is 18.1. The van der Waals surface area contributed by atoms with Crippen molar-refractivity contribution in [2.45, 2.75) is 58.5 Å². The van der Waals surface area contributed by atoms with Gasteiger partial charge in [-0.05, 0) is 64.2 Å². The minimum absolute atomic E-state index is 0.317. The fourth-order valence-electron chi connectivity index (χ4n) is 4.42. The molecule has 4 aromatic rings. The van der Waals surface area contributed by atoms with Crippen LogP contribution in [0.2, 0.25) is 0 Å². The van der Waals surface area contributed by atoms with Crippen LogP contribution in [0.25, 0.3) is 28.2 Å². The van der Waals surface area contributed by atoms with Crippen LogP contribution in [0.15, 0.2) is 35.2 Å². The average Bonchev–Trinajstić information content (AvgIpc) is 3.33. The number of nitrogens with one attached hydrogen (secondary N) is 1. The second-order valence-electron chi connectivity index (χ2n) is 8.47. The van der Waals surface area contributed by atoms with Gasteiger partial charge in [0.25, 0.3) is 0 Å². The van der Waals surface area contributed by atoms with Crippen LogP contribution < -0.4 is 11.1 Å². The molecule has 8 heteroatoms. The largest absolute Gasteiger partial charge is 0.361 e. The van der Waals surface area contributed by atoms with E-state index in [2.05, 4.69) is 31.0 Å². The predicted octanol–water partition coefficient (Wildman–Crippen LogP) is 4.05. The Balaban J connectivity index is 1.52. The number of aromatic nitrogens is 5. The Bertz CT molecular complexity index is 1210. The van der Waals surface area contributed by atoms with Crippen molar-refractivity contribution in [2.24, 2.45) is 5.73 Å². The lowest BCUT2D eigenvalue weighted by molar-refractivity contribution is 0.393. The molecule has 0 aliphatic heterocycles. The number of nitrogens with two attached hydrogens (primary N) is 1. The number of anilines is 1. The van der Waals surface area contributed by atoms with Gasteiger partial charge in [-0.15, -0.1) is 0 Å². The molecule has 1 aliphatic carbocycles. The summed E-state index contributed by atoms with van der Waals surface area (Å²) in [4.78, 5) is 14.0. The number of rotatable bonds is 4. The molecule has 8 nitrogen and oxygen atoms in total. The average molecular weight is 418 g/mol. The summed E-state index contributed by atoms with van der Waals surface area (Å²) < 4.78 is 7.43. The highest BCUT2D eigenvalue weighted by molar-refractivity contribution is 5.71. The Hall–Kier alpha value is -3.26. The zero-order valence-electron chi connectivity index (χ0n) is 18.1. The van der Waals surface area contributed by atoms with Gasteiger partial charge in [-0.3, -0.25) is 4.40 Å². The van der Waals surface area contributed by atoms with Crippen molar-refractivity contribution in [3.63, 3.8) is 0 Å². The Morgan fingerprint density at radius 2 is 1.87 bits per heavy atom. The minimum Gasteiger partial charge on any atom is -0.361 e. The summed E-state index contributed by atoms with van der Waals surface area (Å²) in [7, 11) is 0. The highest BCUT2D eigenvalue weighted by atomic mass is 16.5. The van der Waals surface area contributed by atoms with Gasteiger partial charge in [0.1, 0.15) is 11.4 Å². The van der Waals surface area contributed by atoms with Crippen molar-refractivity contribution < 1.29 is 4.52 Å². The van der Waals surface area contributed by atoms with E-state index in [1.54, 1.807) is 0 Å². The molecule has 4 aromatic heterocycles. The maximum Gasteiger partial charge on any atom is 0.223 e. The number of pyridine rings is 1. The normalized spacial score (nSPS) is 19.1. The molecular formula is C23H27N7O. The van der Waals surface area contributed by atoms with Crippen LogP contribution in [0.3, 0.4) is 0 Å². The molecule has 0 unspecified atom stereocenters. The highest BCUT2D eigenvalue weighted by Gasteiger charge is 2.20. The first-order valence-corrected chi connectivity index (χ1v) is 10.8. The number of hydrogen-bond acceptors (Lipinski definition) is 7. The van der Waals surface area contributed by atoms with Crippen LogP contribution in [-0.4, -0.2) is 36.6 Å². The van der Waals surface area contributed by atoms with Crippen LogP contribution in [0.5, 0.6) is 0 Å². The van der Waals surface area contributed by atoms with E-state index in [1.807, 2.05) is 45.3 Å². The Morgan fingerprint density at radius 3 is 2.61 bits per heavy atom. The van der Waals surface area contributed by atoms with Crippen molar-refractivity contribution in [1.29, 1.82) is 0 Å². The summed E-state index contributed by atoms with van der Waals surface area (Å²) in [6.07, 6.45) is 9.97. The molecule has 0 spiro atoms. The maximum atomic E-state index is 6.04. The lowest BCUT2D eigenvalue weighted by Gasteiger charge is -2.26. The van der Waals surface area contributed by atoms with Crippen LogP contribution in [-0.2, 0) is 0 Å². The molecule has 0 saturated heterocycles. The van der Waals surface area contributed by atoms with E-state index < -0.39 is 0 Å². The van der Waals surface area contributed by atoms with Crippen LogP contribution >= 0.6 is 0 Å². The second-order valence-corrected chi connectivity index (χ2v) is 8.47. The molecule has 0 radical (unpaired) electrons. The van der Waals surface area contributed by atoms with Gasteiger partial charge >= 0.3 is 0 Å². The van der Waals surface area contributed by atoms with Gasteiger partial charge in [0, 0.05) is 35.6 Å². The predicted molar refractivity (Wildman–Crippen MR) is 120 cm³/mol. The first kappa shape index (κ1) is 19.7. The summed E-state index contributed by atoms with van der Waals surface area (Å²) in [5.74, 6) is 1.45. The van der Waals surface area contributed by atoms with Crippen molar-refractivity contribution >= 4 is 11.6 Å². The second kappa shape index (κ2) is 7.77. The first-order valence-electron chi connectivity index (χ1n) is 10.8. The van der Waals surface area contributed by atoms with Gasteiger partial charge in [0.2, 0.25) is 5.95 Å². The third-order valence-corrected chi connectivity index (χ3v) is 6.15. The topological polar surface area (TPSA) is 107 Å². The van der Waals surface area contributed by atoms with Gasteiger partial charge in [-0.1, -0.05) is 5.16 Å². The van der Waals surface area contributed by atoms with Crippen LogP contribution in [0.1, 0.15) is 42.7 Å². The number of hydrogen-bond donors (Lipinski definition) is 2. The summed E-state index contributed by atoms with van der Waals surface area (Å²) in [5.41, 5.74) is 12.6. The maximum absolute atomic E-state index is 6.04. The van der Waals surface area contributed by atoms with E-state index in [-0.39, 0.29) is 0 Å². The Kier molecular flexibility index (Phi) is 4.94. The molecule has 160 valence electrons. The molecule has 1 aliphatic rings. The molecule has 0 aromatic carbocycles. The summed E-state index contributed by atoms with van der Waals surface area (Å²) >= 11 is 0. The molecule has 0 amide bonds. The molecule has 5 rings (SSSR count). The molecule has 4 heterocycles. The van der Waals surface area contributed by atoms with Gasteiger partial charge in [-0.25, -0.2) is 15.0 Å². The molecule has 1 fully saturated rings. The monoisotopic (exact) mass is 417 g/mol. The quantitative estimate of drug-likeness (QED) is 0.516. The SMILES string of the molecule is Cc1cnc(N[C@H]2CC[C@H](N)CC2)nc1-c1cnc2ccc(-c3c(C)noc3C)cn12. The van der Waals surface area contributed by atoms with E-state index in [0.29, 0.717) is 18.0 Å². The number of nitrogens with zero attached hydrogens (tertiary/aromatic N) is 5. The first-order chi connectivity index (χ1) is 15.0. The van der Waals surface area contributed by atoms with Crippen molar-refractivity contribution in [2.75, 3.05) is 5.32 Å². The number of imidazole rings is 1. The van der Waals surface area contributed by atoms with E-state index in [9.17, 15) is 0 Å². The summed E-state index contributed by atoms with van der Waals surface area (Å²) in [6, 6.07) is 4.74. The lowest BCUT2D eigenvalue weighted by atomic mass is 9.92. The fourth-order valence-corrected chi connectivity index (χ4v) is 4.42. The molecule has 0 atom stereocenters.